The summed E-state index contributed by atoms with van der Waals surface area (Å²) in [6, 6.07) is 12.5. The van der Waals surface area contributed by atoms with Gasteiger partial charge in [-0.05, 0) is 48.6 Å². The Hall–Kier alpha value is -2.16. The fourth-order valence-corrected chi connectivity index (χ4v) is 2.90. The SMILES string of the molecule is CN(CC(=O)c1ccc2c(c1)CCC2)c1ccccc1F. The molecule has 0 N–H and O–H groups in total. The van der Waals surface area contributed by atoms with Gasteiger partial charge in [0.05, 0.1) is 12.2 Å². The fraction of sp³-hybridized carbons (Fsp3) is 0.278. The molecule has 2 nitrogen and oxygen atoms in total. The second-order valence-corrected chi connectivity index (χ2v) is 5.57. The van der Waals surface area contributed by atoms with Gasteiger partial charge in [0.2, 0.25) is 0 Å². The number of aryl methyl sites for hydroxylation is 2. The highest BCUT2D eigenvalue weighted by Gasteiger charge is 2.16. The van der Waals surface area contributed by atoms with Gasteiger partial charge in [0.25, 0.3) is 0 Å². The smallest absolute Gasteiger partial charge is 0.182 e. The van der Waals surface area contributed by atoms with Crippen LogP contribution in [0.2, 0.25) is 0 Å². The number of carbonyl (C=O) groups excluding carboxylic acids is 1. The van der Waals surface area contributed by atoms with Crippen LogP contribution in [0.4, 0.5) is 10.1 Å². The number of fused-ring (bicyclic) bond motifs is 1. The molecule has 1 aliphatic carbocycles. The van der Waals surface area contributed by atoms with Crippen LogP contribution in [-0.2, 0) is 12.8 Å². The molecule has 3 rings (SSSR count). The Bertz CT molecular complexity index is 681. The summed E-state index contributed by atoms with van der Waals surface area (Å²) < 4.78 is 13.7. The van der Waals surface area contributed by atoms with Crippen molar-refractivity contribution in [2.45, 2.75) is 19.3 Å². The van der Waals surface area contributed by atoms with E-state index < -0.39 is 0 Å². The first-order chi connectivity index (χ1) is 10.1. The number of halogens is 1. The Kier molecular flexibility index (Phi) is 3.74. The van der Waals surface area contributed by atoms with Crippen LogP contribution in [0.1, 0.15) is 27.9 Å². The average Bonchev–Trinajstić information content (AvgIpc) is 2.94. The molecule has 0 unspecified atom stereocenters. The summed E-state index contributed by atoms with van der Waals surface area (Å²) in [4.78, 5) is 14.0. The molecule has 0 aliphatic heterocycles. The highest BCUT2D eigenvalue weighted by atomic mass is 19.1. The zero-order chi connectivity index (χ0) is 14.8. The maximum Gasteiger partial charge on any atom is 0.182 e. The third-order valence-electron chi connectivity index (χ3n) is 4.06. The average molecular weight is 283 g/mol. The first-order valence-electron chi connectivity index (χ1n) is 7.26. The molecule has 0 saturated heterocycles. The van der Waals surface area contributed by atoms with Gasteiger partial charge in [-0.2, -0.15) is 0 Å². The van der Waals surface area contributed by atoms with E-state index in [9.17, 15) is 9.18 Å². The lowest BCUT2D eigenvalue weighted by Gasteiger charge is -2.19. The van der Waals surface area contributed by atoms with Gasteiger partial charge < -0.3 is 4.90 Å². The van der Waals surface area contributed by atoms with Gasteiger partial charge in [0.15, 0.2) is 5.78 Å². The Labute approximate surface area is 124 Å². The van der Waals surface area contributed by atoms with E-state index in [0.29, 0.717) is 5.69 Å². The van der Waals surface area contributed by atoms with Gasteiger partial charge in [-0.1, -0.05) is 24.3 Å². The Balaban J connectivity index is 1.76. The van der Waals surface area contributed by atoms with Crippen molar-refractivity contribution in [2.75, 3.05) is 18.5 Å². The van der Waals surface area contributed by atoms with Gasteiger partial charge in [-0.3, -0.25) is 4.79 Å². The molecule has 0 heterocycles. The maximum absolute atomic E-state index is 13.7. The van der Waals surface area contributed by atoms with Gasteiger partial charge in [-0.15, -0.1) is 0 Å². The lowest BCUT2D eigenvalue weighted by Crippen LogP contribution is -2.26. The highest BCUT2D eigenvalue weighted by Crippen LogP contribution is 2.23. The second-order valence-electron chi connectivity index (χ2n) is 5.57. The van der Waals surface area contributed by atoms with Gasteiger partial charge in [0.1, 0.15) is 5.82 Å². The molecule has 21 heavy (non-hydrogen) atoms. The number of hydrogen-bond donors (Lipinski definition) is 0. The van der Waals surface area contributed by atoms with Gasteiger partial charge in [-0.25, -0.2) is 4.39 Å². The number of para-hydroxylation sites is 1. The Morgan fingerprint density at radius 3 is 2.71 bits per heavy atom. The van der Waals surface area contributed by atoms with Crippen molar-refractivity contribution in [3.63, 3.8) is 0 Å². The summed E-state index contributed by atoms with van der Waals surface area (Å²) in [6.45, 7) is 0.180. The summed E-state index contributed by atoms with van der Waals surface area (Å²) in [5, 5.41) is 0. The summed E-state index contributed by atoms with van der Waals surface area (Å²) in [5.41, 5.74) is 3.81. The number of anilines is 1. The van der Waals surface area contributed by atoms with Crippen molar-refractivity contribution in [1.29, 1.82) is 0 Å². The maximum atomic E-state index is 13.7. The van der Waals surface area contributed by atoms with E-state index in [0.717, 1.165) is 18.4 Å². The van der Waals surface area contributed by atoms with E-state index in [1.807, 2.05) is 12.1 Å². The lowest BCUT2D eigenvalue weighted by molar-refractivity contribution is 0.1000. The number of rotatable bonds is 4. The number of benzene rings is 2. The summed E-state index contributed by atoms with van der Waals surface area (Å²) in [5.74, 6) is -0.280. The summed E-state index contributed by atoms with van der Waals surface area (Å²) in [7, 11) is 1.74. The first-order valence-corrected chi connectivity index (χ1v) is 7.26. The minimum absolute atomic E-state index is 0.0236. The molecule has 1 aliphatic rings. The van der Waals surface area contributed by atoms with Crippen LogP contribution >= 0.6 is 0 Å². The number of ketones is 1. The molecule has 108 valence electrons. The molecule has 0 aromatic heterocycles. The minimum Gasteiger partial charge on any atom is -0.365 e. The molecule has 3 heteroatoms. The number of carbonyl (C=O) groups is 1. The monoisotopic (exact) mass is 283 g/mol. The van der Waals surface area contributed by atoms with Crippen molar-refractivity contribution < 1.29 is 9.18 Å². The molecule has 0 bridgehead atoms. The van der Waals surface area contributed by atoms with Crippen LogP contribution in [-0.4, -0.2) is 19.4 Å². The quantitative estimate of drug-likeness (QED) is 0.799. The van der Waals surface area contributed by atoms with E-state index in [1.165, 1.54) is 23.6 Å². The predicted octanol–water partition coefficient (Wildman–Crippen LogP) is 3.63. The van der Waals surface area contributed by atoms with E-state index >= 15 is 0 Å². The molecule has 0 amide bonds. The van der Waals surface area contributed by atoms with Crippen molar-refractivity contribution in [1.82, 2.24) is 0 Å². The van der Waals surface area contributed by atoms with Crippen LogP contribution < -0.4 is 4.90 Å². The van der Waals surface area contributed by atoms with Crippen molar-refractivity contribution >= 4 is 11.5 Å². The zero-order valence-corrected chi connectivity index (χ0v) is 12.1. The molecule has 2 aromatic rings. The molecule has 0 saturated carbocycles. The van der Waals surface area contributed by atoms with Gasteiger partial charge in [0, 0.05) is 12.6 Å². The molecule has 0 radical (unpaired) electrons. The normalized spacial score (nSPS) is 13.0. The number of Topliss-reactive ketones (excluding diaryl/α,β-unsaturated/α-hetero) is 1. The van der Waals surface area contributed by atoms with Crippen LogP contribution in [0.5, 0.6) is 0 Å². The van der Waals surface area contributed by atoms with E-state index in [2.05, 4.69) is 6.07 Å². The van der Waals surface area contributed by atoms with Crippen LogP contribution in [0.15, 0.2) is 42.5 Å². The van der Waals surface area contributed by atoms with E-state index in [4.69, 9.17) is 0 Å². The molecule has 0 atom stereocenters. The van der Waals surface area contributed by atoms with E-state index in [1.54, 1.807) is 30.1 Å². The highest BCUT2D eigenvalue weighted by molar-refractivity contribution is 5.99. The Morgan fingerprint density at radius 1 is 1.14 bits per heavy atom. The lowest BCUT2D eigenvalue weighted by atomic mass is 10.0. The third-order valence-corrected chi connectivity index (χ3v) is 4.06. The standard InChI is InChI=1S/C18H18FNO/c1-20(17-8-3-2-7-16(17)19)12-18(21)15-10-9-13-5-4-6-14(13)11-15/h2-3,7-11H,4-6,12H2,1H3. The zero-order valence-electron chi connectivity index (χ0n) is 12.1. The number of hydrogen-bond acceptors (Lipinski definition) is 2. The third kappa shape index (κ3) is 2.82. The Morgan fingerprint density at radius 2 is 1.90 bits per heavy atom. The molecule has 0 fully saturated rings. The topological polar surface area (TPSA) is 20.3 Å². The van der Waals surface area contributed by atoms with Crippen molar-refractivity contribution in [2.24, 2.45) is 0 Å². The summed E-state index contributed by atoms with van der Waals surface area (Å²) in [6.07, 6.45) is 3.33. The predicted molar refractivity (Wildman–Crippen MR) is 82.5 cm³/mol. The number of likely N-dealkylation sites (N-methyl/N-ethyl adjacent to an activating group) is 1. The van der Waals surface area contributed by atoms with Crippen LogP contribution in [0.25, 0.3) is 0 Å². The first kappa shape index (κ1) is 13.8. The van der Waals surface area contributed by atoms with Crippen LogP contribution in [0.3, 0.4) is 0 Å². The van der Waals surface area contributed by atoms with Crippen LogP contribution in [0, 0.1) is 5.82 Å². The summed E-state index contributed by atoms with van der Waals surface area (Å²) >= 11 is 0. The fourth-order valence-electron chi connectivity index (χ4n) is 2.90. The van der Waals surface area contributed by atoms with Gasteiger partial charge >= 0.3 is 0 Å². The largest absolute Gasteiger partial charge is 0.365 e. The minimum atomic E-state index is -0.304. The second kappa shape index (κ2) is 5.68. The van der Waals surface area contributed by atoms with Crippen molar-refractivity contribution in [3.8, 4) is 0 Å². The molecule has 2 aromatic carbocycles. The molecular weight excluding hydrogens is 265 g/mol. The molecule has 0 spiro atoms. The number of nitrogens with zero attached hydrogens (tertiary/aromatic N) is 1. The molecular formula is C18H18FNO. The van der Waals surface area contributed by atoms with Crippen molar-refractivity contribution in [3.05, 3.63) is 65.0 Å². The van der Waals surface area contributed by atoms with E-state index in [-0.39, 0.29) is 18.1 Å².